The van der Waals surface area contributed by atoms with Crippen molar-refractivity contribution in [1.82, 2.24) is 5.32 Å². The molecule has 15 nitrogen and oxygen atoms in total. The Hall–Kier alpha value is -6.00. The lowest BCUT2D eigenvalue weighted by molar-refractivity contribution is -0.346. The maximum Gasteiger partial charge on any atom is 0.338 e. The number of ether oxygens (including phenoxy) is 5. The summed E-state index contributed by atoms with van der Waals surface area (Å²) in [5, 5.41) is 40.8. The molecule has 0 unspecified atom stereocenters. The second kappa shape index (κ2) is 17.1. The fourth-order valence-electron chi connectivity index (χ4n) is 10.8. The predicted octanol–water partition coefficient (Wildman–Crippen LogP) is 4.52. The summed E-state index contributed by atoms with van der Waals surface area (Å²) in [7, 11) is 0. The molecule has 3 aromatic rings. The van der Waals surface area contributed by atoms with E-state index in [-0.39, 0.29) is 48.1 Å². The van der Waals surface area contributed by atoms with Crippen LogP contribution in [0.3, 0.4) is 0 Å². The predicted molar refractivity (Wildman–Crippen MR) is 230 cm³/mol. The number of hydrogen-bond acceptors (Lipinski definition) is 14. The van der Waals surface area contributed by atoms with Crippen molar-refractivity contribution in [2.75, 3.05) is 6.61 Å². The minimum absolute atomic E-state index is 0.00278. The molecule has 65 heavy (non-hydrogen) atoms. The van der Waals surface area contributed by atoms with Crippen LogP contribution in [0.25, 0.3) is 6.08 Å². The zero-order valence-electron chi connectivity index (χ0n) is 36.7. The first-order valence-corrected chi connectivity index (χ1v) is 21.8. The normalized spacial score (nSPS) is 34.7. The van der Waals surface area contributed by atoms with Crippen LogP contribution in [0.2, 0.25) is 0 Å². The van der Waals surface area contributed by atoms with Gasteiger partial charge < -0.3 is 44.3 Å². The van der Waals surface area contributed by atoms with Gasteiger partial charge in [0, 0.05) is 37.2 Å². The van der Waals surface area contributed by atoms with Crippen molar-refractivity contribution >= 4 is 41.6 Å². The Balaban J connectivity index is 1.35. The third-order valence-corrected chi connectivity index (χ3v) is 14.4. The number of benzene rings is 3. The first-order valence-electron chi connectivity index (χ1n) is 21.8. The molecule has 1 amide bonds. The van der Waals surface area contributed by atoms with Crippen molar-refractivity contribution < 1.29 is 67.8 Å². The molecule has 15 heteroatoms. The number of Topliss-reactive ketones (excluding diaryl/α,β-unsaturated/α-hetero) is 1. The molecule has 2 heterocycles. The van der Waals surface area contributed by atoms with E-state index >= 15 is 4.79 Å². The summed E-state index contributed by atoms with van der Waals surface area (Å²) >= 11 is 0. The molecular formula is C50H53NO14. The molecule has 3 aromatic carbocycles. The van der Waals surface area contributed by atoms with Gasteiger partial charge in [-0.05, 0) is 72.9 Å². The van der Waals surface area contributed by atoms with E-state index in [2.05, 4.69) is 5.32 Å². The lowest BCUT2D eigenvalue weighted by Gasteiger charge is -2.67. The standard InChI is InChI=1S/C50H53NO14/c1-27-33-25-50(60)43(64-45(58)31-19-10-7-11-20-31)41-48(5,42(56)40(62-28(2)52)37(27)47(50,3)4)34(53)24-35-49(41,26-61-35)65-36(54)22-13-12-15-29-16-14-21-32(23-29)38(39(55)46(59)63-33)51-44(57)30-17-8-6-9-18-30/h6-12,14-21,23,33-35,38-41,43,53,55,60H,13,22,24-26H2,1-5H3,(H,51,57)/b15-12+/t33-,34-,35+,38-,39+,40+,41-,43-,48+,49-,50+/m0/s1. The molecule has 1 spiro atoms. The monoisotopic (exact) mass is 891 g/mol. The topological polar surface area (TPSA) is 221 Å². The van der Waals surface area contributed by atoms with Gasteiger partial charge in [-0.2, -0.15) is 0 Å². The average molecular weight is 892 g/mol. The van der Waals surface area contributed by atoms with Crippen LogP contribution in [0.15, 0.2) is 102 Å². The van der Waals surface area contributed by atoms with Crippen molar-refractivity contribution in [2.45, 2.75) is 114 Å². The molecule has 0 radical (unpaired) electrons. The van der Waals surface area contributed by atoms with Crippen LogP contribution in [-0.4, -0.2) is 105 Å². The van der Waals surface area contributed by atoms with E-state index in [9.17, 15) is 39.3 Å². The van der Waals surface area contributed by atoms with Gasteiger partial charge in [0.25, 0.3) is 5.91 Å². The summed E-state index contributed by atoms with van der Waals surface area (Å²) < 4.78 is 31.0. The van der Waals surface area contributed by atoms with Gasteiger partial charge in [0.15, 0.2) is 23.6 Å². The summed E-state index contributed by atoms with van der Waals surface area (Å²) in [4.78, 5) is 85.5. The maximum absolute atomic E-state index is 15.7. The summed E-state index contributed by atoms with van der Waals surface area (Å²) in [6.07, 6.45) is -7.16. The second-order valence-corrected chi connectivity index (χ2v) is 18.4. The lowest BCUT2D eigenvalue weighted by Crippen LogP contribution is -2.82. The minimum Gasteiger partial charge on any atom is -0.456 e. The molecule has 6 bridgehead atoms. The number of rotatable bonds is 5. The Morgan fingerprint density at radius 3 is 2.20 bits per heavy atom. The van der Waals surface area contributed by atoms with Gasteiger partial charge in [0.1, 0.15) is 23.9 Å². The van der Waals surface area contributed by atoms with Crippen LogP contribution < -0.4 is 5.32 Å². The zero-order valence-corrected chi connectivity index (χ0v) is 36.7. The van der Waals surface area contributed by atoms with E-state index in [1.807, 2.05) is 0 Å². The number of esters is 4. The quantitative estimate of drug-likeness (QED) is 0.157. The van der Waals surface area contributed by atoms with E-state index in [0.717, 1.165) is 6.92 Å². The van der Waals surface area contributed by atoms with Crippen LogP contribution in [0.1, 0.15) is 98.2 Å². The number of hydrogen-bond donors (Lipinski definition) is 4. The number of fused-ring (bicyclic) bond motifs is 4. The maximum atomic E-state index is 15.7. The highest BCUT2D eigenvalue weighted by atomic mass is 16.6. The molecule has 1 saturated heterocycles. The van der Waals surface area contributed by atoms with Crippen molar-refractivity contribution in [3.63, 3.8) is 0 Å². The molecule has 2 saturated carbocycles. The summed E-state index contributed by atoms with van der Waals surface area (Å²) in [5.74, 6) is -6.78. The fraction of sp³-hybridized carbons (Fsp3) is 0.440. The molecule has 5 aliphatic rings. The molecule has 8 rings (SSSR count). The molecule has 3 fully saturated rings. The molecular weight excluding hydrogens is 839 g/mol. The van der Waals surface area contributed by atoms with Crippen LogP contribution in [0.4, 0.5) is 0 Å². The third kappa shape index (κ3) is 7.67. The average Bonchev–Trinajstić information content (AvgIpc) is 3.28. The largest absolute Gasteiger partial charge is 0.456 e. The number of carbonyl (C=O) groups excluding carboxylic acids is 6. The van der Waals surface area contributed by atoms with Gasteiger partial charge in [-0.1, -0.05) is 80.6 Å². The van der Waals surface area contributed by atoms with Crippen LogP contribution >= 0.6 is 0 Å². The summed E-state index contributed by atoms with van der Waals surface area (Å²) in [5.41, 5.74) is -6.50. The highest BCUT2D eigenvalue weighted by Crippen LogP contribution is 2.64. The number of nitrogens with one attached hydrogen (secondary N) is 1. The zero-order chi connectivity index (χ0) is 46.6. The van der Waals surface area contributed by atoms with Gasteiger partial charge in [0.2, 0.25) is 0 Å². The summed E-state index contributed by atoms with van der Waals surface area (Å²) in [6.45, 7) is 6.89. The first-order chi connectivity index (χ1) is 30.8. The number of aliphatic hydroxyl groups is 3. The van der Waals surface area contributed by atoms with E-state index in [0.29, 0.717) is 11.1 Å². The van der Waals surface area contributed by atoms with Gasteiger partial charge in [-0.25, -0.2) is 9.59 Å². The molecule has 0 aromatic heterocycles. The van der Waals surface area contributed by atoms with Crippen LogP contribution in [-0.2, 0) is 42.9 Å². The smallest absolute Gasteiger partial charge is 0.338 e. The van der Waals surface area contributed by atoms with Gasteiger partial charge in [0.05, 0.1) is 35.6 Å². The Morgan fingerprint density at radius 1 is 0.877 bits per heavy atom. The highest BCUT2D eigenvalue weighted by molar-refractivity contribution is 5.96. The molecule has 3 aliphatic carbocycles. The van der Waals surface area contributed by atoms with Crippen LogP contribution in [0, 0.1) is 16.7 Å². The Morgan fingerprint density at radius 2 is 1.55 bits per heavy atom. The highest BCUT2D eigenvalue weighted by Gasteiger charge is 2.78. The van der Waals surface area contributed by atoms with Crippen LogP contribution in [0.5, 0.6) is 0 Å². The third-order valence-electron chi connectivity index (χ3n) is 14.4. The first kappa shape index (κ1) is 45.6. The van der Waals surface area contributed by atoms with Gasteiger partial charge in [-0.3, -0.25) is 19.2 Å². The molecule has 4 N–H and O–H groups in total. The van der Waals surface area contributed by atoms with E-state index in [1.165, 1.54) is 26.0 Å². The number of aliphatic hydroxyl groups excluding tert-OH is 2. The van der Waals surface area contributed by atoms with E-state index in [1.54, 1.807) is 98.8 Å². The second-order valence-electron chi connectivity index (χ2n) is 18.4. The lowest BCUT2D eigenvalue weighted by atomic mass is 9.44. The van der Waals surface area contributed by atoms with Crippen molar-refractivity contribution in [3.8, 4) is 0 Å². The summed E-state index contributed by atoms with van der Waals surface area (Å²) in [6, 6.07) is 21.4. The van der Waals surface area contributed by atoms with Crippen molar-refractivity contribution in [2.24, 2.45) is 16.7 Å². The van der Waals surface area contributed by atoms with E-state index in [4.69, 9.17) is 23.7 Å². The van der Waals surface area contributed by atoms with Crippen molar-refractivity contribution in [1.29, 1.82) is 0 Å². The Kier molecular flexibility index (Phi) is 12.0. The molecule has 11 atom stereocenters. The SMILES string of the molecule is CC(=O)O[C@H]1C(=O)[C@@]2(C)[C@@H]3[C@H](OC(=O)c4ccccc4)[C@]4(O)C[C@H](OC(=O)[C@H](O)[C@@H](NC(=O)c5ccccc5)c5cccc(c5)/C=C/CCC(=O)O[C@]35CO[C@@H]5C[C@@H]2O)C(C)=C1C4(C)C. The van der Waals surface area contributed by atoms with Gasteiger partial charge in [-0.15, -0.1) is 0 Å². The number of carbonyl (C=O) groups is 6. The molecule has 2 aliphatic heterocycles. The fourth-order valence-corrected chi connectivity index (χ4v) is 10.8. The van der Waals surface area contributed by atoms with Crippen molar-refractivity contribution in [3.05, 3.63) is 124 Å². The number of allylic oxidation sites excluding steroid dienone is 1. The minimum atomic E-state index is -2.40. The van der Waals surface area contributed by atoms with Gasteiger partial charge >= 0.3 is 23.9 Å². The number of ketones is 1. The van der Waals surface area contributed by atoms with E-state index < -0.39 is 113 Å². The molecule has 342 valence electrons. The Bertz CT molecular complexity index is 2470. The Labute approximate surface area is 375 Å². The number of amides is 1.